The summed E-state index contributed by atoms with van der Waals surface area (Å²) < 4.78 is 5.05. The normalized spacial score (nSPS) is 10.4. The summed E-state index contributed by atoms with van der Waals surface area (Å²) in [5.41, 5.74) is 5.84. The zero-order valence-electron chi connectivity index (χ0n) is 9.80. The van der Waals surface area contributed by atoms with E-state index in [1.807, 2.05) is 24.3 Å². The van der Waals surface area contributed by atoms with Gasteiger partial charge in [-0.05, 0) is 12.1 Å². The number of nitrogens with two attached hydrogens (primary N) is 1. The Labute approximate surface area is 104 Å². The Morgan fingerprint density at radius 2 is 2.17 bits per heavy atom. The van der Waals surface area contributed by atoms with E-state index in [-0.39, 0.29) is 6.61 Å². The first-order valence-electron chi connectivity index (χ1n) is 5.57. The maximum Gasteiger partial charge on any atom is 0.243 e. The fourth-order valence-electron chi connectivity index (χ4n) is 1.56. The minimum Gasteiger partial charge on any atom is -0.370 e. The van der Waals surface area contributed by atoms with Gasteiger partial charge < -0.3 is 15.8 Å². The highest BCUT2D eigenvalue weighted by Crippen LogP contribution is 2.17. The number of carbonyl (C=O) groups is 1. The molecule has 1 heterocycles. The van der Waals surface area contributed by atoms with Crippen LogP contribution in [0.15, 0.2) is 30.6 Å². The van der Waals surface area contributed by atoms with Crippen LogP contribution < -0.4 is 11.1 Å². The molecule has 94 valence electrons. The maximum atomic E-state index is 10.5. The number of amides is 1. The predicted octanol–water partition coefficient (Wildman–Crippen LogP) is 0.544. The van der Waals surface area contributed by atoms with Gasteiger partial charge in [-0.3, -0.25) is 4.79 Å². The van der Waals surface area contributed by atoms with Crippen molar-refractivity contribution in [2.75, 3.05) is 25.1 Å². The van der Waals surface area contributed by atoms with Gasteiger partial charge in [-0.25, -0.2) is 9.97 Å². The summed E-state index contributed by atoms with van der Waals surface area (Å²) in [6.45, 7) is 0.877. The molecule has 0 saturated heterocycles. The molecular weight excluding hydrogens is 232 g/mol. The van der Waals surface area contributed by atoms with E-state index in [0.29, 0.717) is 13.2 Å². The zero-order chi connectivity index (χ0) is 12.8. The molecule has 1 amide bonds. The van der Waals surface area contributed by atoms with E-state index >= 15 is 0 Å². The number of hydrogen-bond donors (Lipinski definition) is 2. The van der Waals surface area contributed by atoms with E-state index in [9.17, 15) is 4.79 Å². The number of carbonyl (C=O) groups excluding carboxylic acids is 1. The minimum atomic E-state index is -0.470. The smallest absolute Gasteiger partial charge is 0.243 e. The zero-order valence-corrected chi connectivity index (χ0v) is 9.80. The molecule has 0 radical (unpaired) electrons. The summed E-state index contributed by atoms with van der Waals surface area (Å²) in [5.74, 6) is 0.283. The standard InChI is InChI=1S/C12H14N4O2/c13-11(17)7-18-6-5-14-12-9-3-1-2-4-10(9)15-8-16-12/h1-4,8H,5-7H2,(H2,13,17)(H,14,15,16). The number of para-hydroxylation sites is 1. The average molecular weight is 246 g/mol. The third kappa shape index (κ3) is 3.14. The molecule has 0 fully saturated rings. The van der Waals surface area contributed by atoms with Gasteiger partial charge in [-0.1, -0.05) is 12.1 Å². The van der Waals surface area contributed by atoms with Gasteiger partial charge in [0.1, 0.15) is 18.8 Å². The second kappa shape index (κ2) is 5.92. The Morgan fingerprint density at radius 1 is 1.33 bits per heavy atom. The number of benzene rings is 1. The third-order valence-electron chi connectivity index (χ3n) is 2.33. The molecule has 0 saturated carbocycles. The van der Waals surface area contributed by atoms with Crippen molar-refractivity contribution in [3.8, 4) is 0 Å². The summed E-state index contributed by atoms with van der Waals surface area (Å²) in [6, 6.07) is 7.73. The van der Waals surface area contributed by atoms with E-state index in [1.54, 1.807) is 0 Å². The van der Waals surface area contributed by atoms with Gasteiger partial charge in [-0.15, -0.1) is 0 Å². The van der Waals surface area contributed by atoms with Gasteiger partial charge in [0.2, 0.25) is 5.91 Å². The van der Waals surface area contributed by atoms with Crippen molar-refractivity contribution in [2.24, 2.45) is 5.73 Å². The van der Waals surface area contributed by atoms with Crippen LogP contribution in [-0.4, -0.2) is 35.6 Å². The van der Waals surface area contributed by atoms with Crippen LogP contribution in [0.4, 0.5) is 5.82 Å². The first kappa shape index (κ1) is 12.3. The number of primary amides is 1. The van der Waals surface area contributed by atoms with Gasteiger partial charge in [0.05, 0.1) is 12.1 Å². The van der Waals surface area contributed by atoms with E-state index < -0.39 is 5.91 Å². The molecule has 2 rings (SSSR count). The fraction of sp³-hybridized carbons (Fsp3) is 0.250. The van der Waals surface area contributed by atoms with Crippen molar-refractivity contribution < 1.29 is 9.53 Å². The van der Waals surface area contributed by atoms with Gasteiger partial charge in [-0.2, -0.15) is 0 Å². The lowest BCUT2D eigenvalue weighted by Gasteiger charge is -2.07. The Bertz CT molecular complexity index is 539. The summed E-state index contributed by atoms with van der Waals surface area (Å²) in [4.78, 5) is 18.8. The quantitative estimate of drug-likeness (QED) is 0.726. The molecule has 0 unspecified atom stereocenters. The van der Waals surface area contributed by atoms with E-state index in [4.69, 9.17) is 10.5 Å². The number of fused-ring (bicyclic) bond motifs is 1. The highest BCUT2D eigenvalue weighted by molar-refractivity contribution is 5.88. The van der Waals surface area contributed by atoms with Crippen LogP contribution in [0.25, 0.3) is 10.9 Å². The molecule has 0 bridgehead atoms. The average Bonchev–Trinajstić information content (AvgIpc) is 2.38. The topological polar surface area (TPSA) is 90.1 Å². The highest BCUT2D eigenvalue weighted by atomic mass is 16.5. The first-order valence-corrected chi connectivity index (χ1v) is 5.57. The number of ether oxygens (including phenoxy) is 1. The fourth-order valence-corrected chi connectivity index (χ4v) is 1.56. The van der Waals surface area contributed by atoms with Gasteiger partial charge in [0, 0.05) is 11.9 Å². The number of nitrogens with zero attached hydrogens (tertiary/aromatic N) is 2. The van der Waals surface area contributed by atoms with E-state index in [1.165, 1.54) is 6.33 Å². The summed E-state index contributed by atoms with van der Waals surface area (Å²) in [7, 11) is 0. The number of anilines is 1. The second-order valence-corrected chi connectivity index (χ2v) is 3.69. The predicted molar refractivity (Wildman–Crippen MR) is 68.0 cm³/mol. The Balaban J connectivity index is 1.93. The molecule has 1 aromatic heterocycles. The van der Waals surface area contributed by atoms with Crippen molar-refractivity contribution >= 4 is 22.6 Å². The SMILES string of the molecule is NC(=O)COCCNc1ncnc2ccccc12. The molecule has 0 atom stereocenters. The van der Waals surface area contributed by atoms with E-state index in [2.05, 4.69) is 15.3 Å². The molecule has 0 spiro atoms. The second-order valence-electron chi connectivity index (χ2n) is 3.69. The summed E-state index contributed by atoms with van der Waals surface area (Å²) in [5, 5.41) is 4.09. The number of aromatic nitrogens is 2. The van der Waals surface area contributed by atoms with Crippen LogP contribution >= 0.6 is 0 Å². The van der Waals surface area contributed by atoms with Crippen molar-refractivity contribution in [3.05, 3.63) is 30.6 Å². The molecule has 2 aromatic rings. The van der Waals surface area contributed by atoms with Crippen LogP contribution in [0, 0.1) is 0 Å². The highest BCUT2D eigenvalue weighted by Gasteiger charge is 2.01. The van der Waals surface area contributed by atoms with Crippen molar-refractivity contribution in [1.29, 1.82) is 0 Å². The van der Waals surface area contributed by atoms with Crippen molar-refractivity contribution in [3.63, 3.8) is 0 Å². The number of nitrogens with one attached hydrogen (secondary N) is 1. The third-order valence-corrected chi connectivity index (χ3v) is 2.33. The number of rotatable bonds is 6. The monoisotopic (exact) mass is 246 g/mol. The molecule has 3 N–H and O–H groups in total. The molecule has 6 nitrogen and oxygen atoms in total. The lowest BCUT2D eigenvalue weighted by atomic mass is 10.2. The first-order chi connectivity index (χ1) is 8.77. The molecule has 6 heteroatoms. The van der Waals surface area contributed by atoms with Crippen LogP contribution in [0.1, 0.15) is 0 Å². The Hall–Kier alpha value is -2.21. The van der Waals surface area contributed by atoms with Crippen molar-refractivity contribution in [2.45, 2.75) is 0 Å². The maximum absolute atomic E-state index is 10.5. The molecule has 1 aromatic carbocycles. The molecule has 0 aliphatic rings. The molecule has 0 aliphatic carbocycles. The van der Waals surface area contributed by atoms with Crippen molar-refractivity contribution in [1.82, 2.24) is 9.97 Å². The largest absolute Gasteiger partial charge is 0.370 e. The lowest BCUT2D eigenvalue weighted by molar-refractivity contribution is -0.122. The molecular formula is C12H14N4O2. The van der Waals surface area contributed by atoms with Crippen LogP contribution in [0.3, 0.4) is 0 Å². The van der Waals surface area contributed by atoms with Gasteiger partial charge >= 0.3 is 0 Å². The number of hydrogen-bond acceptors (Lipinski definition) is 5. The lowest BCUT2D eigenvalue weighted by Crippen LogP contribution is -2.20. The van der Waals surface area contributed by atoms with Crippen LogP contribution in [0.2, 0.25) is 0 Å². The van der Waals surface area contributed by atoms with E-state index in [0.717, 1.165) is 16.7 Å². The summed E-state index contributed by atoms with van der Waals surface area (Å²) >= 11 is 0. The Morgan fingerprint density at radius 3 is 3.00 bits per heavy atom. The Kier molecular flexibility index (Phi) is 4.03. The minimum absolute atomic E-state index is 0.0633. The summed E-state index contributed by atoms with van der Waals surface area (Å²) in [6.07, 6.45) is 1.51. The molecule has 18 heavy (non-hydrogen) atoms. The van der Waals surface area contributed by atoms with Crippen LogP contribution in [-0.2, 0) is 9.53 Å². The van der Waals surface area contributed by atoms with Crippen LogP contribution in [0.5, 0.6) is 0 Å². The van der Waals surface area contributed by atoms with Gasteiger partial charge in [0.15, 0.2) is 0 Å². The van der Waals surface area contributed by atoms with Gasteiger partial charge in [0.25, 0.3) is 0 Å². The molecule has 0 aliphatic heterocycles.